The van der Waals surface area contributed by atoms with Gasteiger partial charge in [0.2, 0.25) is 0 Å². The third kappa shape index (κ3) is 5.51. The Kier molecular flexibility index (Phi) is 7.36. The lowest BCUT2D eigenvalue weighted by Gasteiger charge is -2.30. The Balaban J connectivity index is 1.71. The van der Waals surface area contributed by atoms with Gasteiger partial charge < -0.3 is 20.1 Å². The van der Waals surface area contributed by atoms with Crippen LogP contribution in [0, 0.1) is 5.82 Å². The average molecular weight is 387 g/mol. The lowest BCUT2D eigenvalue weighted by atomic mass is 10.1. The highest BCUT2D eigenvalue weighted by atomic mass is 19.1. The van der Waals surface area contributed by atoms with Gasteiger partial charge in [0.1, 0.15) is 5.82 Å². The van der Waals surface area contributed by atoms with Gasteiger partial charge in [-0.2, -0.15) is 0 Å². The van der Waals surface area contributed by atoms with E-state index in [9.17, 15) is 14.3 Å². The number of carbonyl (C=O) groups is 1. The van der Waals surface area contributed by atoms with Crippen LogP contribution in [-0.4, -0.2) is 73.4 Å². The molecule has 6 nitrogen and oxygen atoms in total. The first-order valence-electron chi connectivity index (χ1n) is 9.49. The van der Waals surface area contributed by atoms with Crippen LogP contribution in [0.1, 0.15) is 10.4 Å². The number of halogens is 1. The summed E-state index contributed by atoms with van der Waals surface area (Å²) in [5.41, 5.74) is 1.86. The zero-order chi connectivity index (χ0) is 19.8. The van der Waals surface area contributed by atoms with E-state index in [1.54, 1.807) is 23.1 Å². The van der Waals surface area contributed by atoms with Crippen molar-refractivity contribution >= 4 is 17.3 Å². The van der Waals surface area contributed by atoms with Crippen molar-refractivity contribution in [2.24, 2.45) is 0 Å². The SMILES string of the molecule is O=C(c1ccccc1Nc1ccc(F)cc1)N(CCO)CCN1CCOCC1. The number of nitrogens with zero attached hydrogens (tertiary/aromatic N) is 2. The molecule has 1 aliphatic heterocycles. The first-order valence-corrected chi connectivity index (χ1v) is 9.49. The molecule has 7 heteroatoms. The first kappa shape index (κ1) is 20.3. The number of benzene rings is 2. The second kappa shape index (κ2) is 10.2. The minimum atomic E-state index is -0.313. The summed E-state index contributed by atoms with van der Waals surface area (Å²) in [4.78, 5) is 17.1. The van der Waals surface area contributed by atoms with E-state index in [1.807, 2.05) is 18.2 Å². The standard InChI is InChI=1S/C21H26FN3O3/c22-17-5-7-18(8-6-17)23-20-4-2-1-3-19(20)21(27)25(11-14-26)10-9-24-12-15-28-16-13-24/h1-8,23,26H,9-16H2. The van der Waals surface area contributed by atoms with Gasteiger partial charge in [-0.15, -0.1) is 0 Å². The second-order valence-electron chi connectivity index (χ2n) is 6.65. The minimum absolute atomic E-state index is 0.0948. The third-order valence-corrected chi connectivity index (χ3v) is 4.73. The number of nitrogens with one attached hydrogen (secondary N) is 1. The van der Waals surface area contributed by atoms with Crippen LogP contribution in [0.4, 0.5) is 15.8 Å². The van der Waals surface area contributed by atoms with Crippen molar-refractivity contribution in [2.45, 2.75) is 0 Å². The van der Waals surface area contributed by atoms with Crippen molar-refractivity contribution in [1.29, 1.82) is 0 Å². The molecular weight excluding hydrogens is 361 g/mol. The van der Waals surface area contributed by atoms with E-state index < -0.39 is 0 Å². The van der Waals surface area contributed by atoms with Gasteiger partial charge >= 0.3 is 0 Å². The molecule has 0 spiro atoms. The molecule has 1 amide bonds. The Labute approximate surface area is 164 Å². The van der Waals surface area contributed by atoms with Crippen molar-refractivity contribution in [1.82, 2.24) is 9.80 Å². The van der Waals surface area contributed by atoms with Crippen LogP contribution in [0.5, 0.6) is 0 Å². The van der Waals surface area contributed by atoms with E-state index in [0.717, 1.165) is 19.6 Å². The average Bonchev–Trinajstić information content (AvgIpc) is 2.73. The number of amides is 1. The van der Waals surface area contributed by atoms with Crippen LogP contribution in [0.15, 0.2) is 48.5 Å². The number of para-hydroxylation sites is 1. The normalized spacial score (nSPS) is 14.6. The predicted octanol–water partition coefficient (Wildman–Crippen LogP) is 2.34. The molecule has 1 fully saturated rings. The van der Waals surface area contributed by atoms with E-state index in [2.05, 4.69) is 10.2 Å². The van der Waals surface area contributed by atoms with Crippen LogP contribution >= 0.6 is 0 Å². The van der Waals surface area contributed by atoms with E-state index in [1.165, 1.54) is 12.1 Å². The number of morpholine rings is 1. The van der Waals surface area contributed by atoms with Gasteiger partial charge in [0.05, 0.1) is 31.1 Å². The van der Waals surface area contributed by atoms with Crippen molar-refractivity contribution < 1.29 is 19.0 Å². The molecule has 1 aliphatic rings. The van der Waals surface area contributed by atoms with E-state index in [0.29, 0.717) is 36.7 Å². The summed E-state index contributed by atoms with van der Waals surface area (Å²) >= 11 is 0. The van der Waals surface area contributed by atoms with Gasteiger partial charge in [-0.05, 0) is 36.4 Å². The molecule has 3 rings (SSSR count). The molecular formula is C21H26FN3O3. The first-order chi connectivity index (χ1) is 13.7. The van der Waals surface area contributed by atoms with Crippen LogP contribution in [-0.2, 0) is 4.74 Å². The third-order valence-electron chi connectivity index (χ3n) is 4.73. The summed E-state index contributed by atoms with van der Waals surface area (Å²) in [6, 6.07) is 13.2. The number of rotatable bonds is 8. The van der Waals surface area contributed by atoms with Gasteiger partial charge in [0.25, 0.3) is 5.91 Å². The fourth-order valence-corrected chi connectivity index (χ4v) is 3.16. The molecule has 0 aliphatic carbocycles. The Morgan fingerprint density at radius 1 is 1.11 bits per heavy atom. The van der Waals surface area contributed by atoms with Crippen LogP contribution in [0.25, 0.3) is 0 Å². The number of hydrogen-bond donors (Lipinski definition) is 2. The molecule has 2 N–H and O–H groups in total. The Morgan fingerprint density at radius 2 is 1.82 bits per heavy atom. The minimum Gasteiger partial charge on any atom is -0.395 e. The van der Waals surface area contributed by atoms with E-state index in [-0.39, 0.29) is 24.9 Å². The lowest BCUT2D eigenvalue weighted by molar-refractivity contribution is 0.0315. The highest BCUT2D eigenvalue weighted by molar-refractivity contribution is 6.00. The Morgan fingerprint density at radius 3 is 2.54 bits per heavy atom. The second-order valence-corrected chi connectivity index (χ2v) is 6.65. The quantitative estimate of drug-likeness (QED) is 0.728. The van der Waals surface area contributed by atoms with Crippen molar-refractivity contribution in [3.05, 3.63) is 59.9 Å². The highest BCUT2D eigenvalue weighted by Gasteiger charge is 2.20. The molecule has 2 aromatic carbocycles. The summed E-state index contributed by atoms with van der Waals surface area (Å²) in [6.07, 6.45) is 0. The van der Waals surface area contributed by atoms with E-state index >= 15 is 0 Å². The summed E-state index contributed by atoms with van der Waals surface area (Å²) in [6.45, 7) is 4.56. The zero-order valence-corrected chi connectivity index (χ0v) is 15.8. The monoisotopic (exact) mass is 387 g/mol. The number of aliphatic hydroxyl groups is 1. The molecule has 2 aromatic rings. The van der Waals surface area contributed by atoms with Crippen molar-refractivity contribution in [3.8, 4) is 0 Å². The van der Waals surface area contributed by atoms with Gasteiger partial charge in [0, 0.05) is 38.4 Å². The fraction of sp³-hybridized carbons (Fsp3) is 0.381. The Bertz CT molecular complexity index is 764. The summed E-state index contributed by atoms with van der Waals surface area (Å²) in [7, 11) is 0. The number of hydrogen-bond acceptors (Lipinski definition) is 5. The highest BCUT2D eigenvalue weighted by Crippen LogP contribution is 2.22. The fourth-order valence-electron chi connectivity index (χ4n) is 3.16. The molecule has 150 valence electrons. The molecule has 0 radical (unpaired) electrons. The lowest BCUT2D eigenvalue weighted by Crippen LogP contribution is -2.44. The summed E-state index contributed by atoms with van der Waals surface area (Å²) in [5, 5.41) is 12.6. The Hall–Kier alpha value is -2.48. The maximum absolute atomic E-state index is 13.1. The topological polar surface area (TPSA) is 65.0 Å². The number of carbonyl (C=O) groups excluding carboxylic acids is 1. The predicted molar refractivity (Wildman–Crippen MR) is 106 cm³/mol. The molecule has 0 bridgehead atoms. The van der Waals surface area contributed by atoms with Gasteiger partial charge in [-0.3, -0.25) is 9.69 Å². The van der Waals surface area contributed by atoms with E-state index in [4.69, 9.17) is 4.74 Å². The smallest absolute Gasteiger partial charge is 0.256 e. The maximum atomic E-state index is 13.1. The molecule has 0 aromatic heterocycles. The van der Waals surface area contributed by atoms with Gasteiger partial charge in [-0.1, -0.05) is 12.1 Å². The van der Waals surface area contributed by atoms with Gasteiger partial charge in [0.15, 0.2) is 0 Å². The molecule has 0 atom stereocenters. The summed E-state index contributed by atoms with van der Waals surface area (Å²) in [5.74, 6) is -0.459. The molecule has 1 heterocycles. The number of anilines is 2. The molecule has 28 heavy (non-hydrogen) atoms. The van der Waals surface area contributed by atoms with Crippen LogP contribution < -0.4 is 5.32 Å². The molecule has 1 saturated heterocycles. The molecule has 0 unspecified atom stereocenters. The molecule has 0 saturated carbocycles. The number of ether oxygens (including phenoxy) is 1. The van der Waals surface area contributed by atoms with Gasteiger partial charge in [-0.25, -0.2) is 4.39 Å². The van der Waals surface area contributed by atoms with Crippen LogP contribution in [0.2, 0.25) is 0 Å². The zero-order valence-electron chi connectivity index (χ0n) is 15.8. The summed E-state index contributed by atoms with van der Waals surface area (Å²) < 4.78 is 18.5. The van der Waals surface area contributed by atoms with Crippen molar-refractivity contribution in [3.63, 3.8) is 0 Å². The number of aliphatic hydroxyl groups excluding tert-OH is 1. The largest absolute Gasteiger partial charge is 0.395 e. The van der Waals surface area contributed by atoms with Crippen molar-refractivity contribution in [2.75, 3.05) is 57.9 Å². The maximum Gasteiger partial charge on any atom is 0.256 e. The van der Waals surface area contributed by atoms with Crippen LogP contribution in [0.3, 0.4) is 0 Å².